The van der Waals surface area contributed by atoms with E-state index in [-0.39, 0.29) is 0 Å². The lowest BCUT2D eigenvalue weighted by molar-refractivity contribution is 0.399. The molecular weight excluding hydrogens is 205 g/mol. The summed E-state index contributed by atoms with van der Waals surface area (Å²) in [5, 5.41) is 4.01. The normalized spacial score (nSPS) is 29.6. The minimum atomic E-state index is 0.687. The van der Waals surface area contributed by atoms with E-state index in [1.54, 1.807) is 0 Å². The third-order valence-corrected chi connectivity index (χ3v) is 3.48. The number of halogens is 2. The molecule has 1 aliphatic carbocycles. The molecule has 0 aliphatic heterocycles. The minimum absolute atomic E-state index is 0.687. The lowest BCUT2D eigenvalue weighted by Gasteiger charge is -2.15. The van der Waals surface area contributed by atoms with Crippen LogP contribution < -0.4 is 5.32 Å². The Morgan fingerprint density at radius 2 is 2.31 bits per heavy atom. The van der Waals surface area contributed by atoms with Crippen LogP contribution in [0.1, 0.15) is 26.2 Å². The summed E-state index contributed by atoms with van der Waals surface area (Å²) in [6, 6.07) is 0. The molecule has 2 atom stereocenters. The van der Waals surface area contributed by atoms with Gasteiger partial charge in [-0.3, -0.25) is 0 Å². The summed E-state index contributed by atoms with van der Waals surface area (Å²) in [5.41, 5.74) is 1.42. The van der Waals surface area contributed by atoms with Crippen molar-refractivity contribution in [3.63, 3.8) is 0 Å². The SMILES string of the molecule is CC1CCCC1CNCC(Cl)=CCl. The van der Waals surface area contributed by atoms with Crippen molar-refractivity contribution in [1.82, 2.24) is 5.32 Å². The highest BCUT2D eigenvalue weighted by Crippen LogP contribution is 2.30. The standard InChI is InChI=1S/C10H17Cl2N/c1-8-3-2-4-9(8)6-13-7-10(12)5-11/h5,8-9,13H,2-4,6-7H2,1H3. The van der Waals surface area contributed by atoms with Crippen molar-refractivity contribution in [3.8, 4) is 0 Å². The Balaban J connectivity index is 2.12. The van der Waals surface area contributed by atoms with Gasteiger partial charge in [-0.1, -0.05) is 43.0 Å². The van der Waals surface area contributed by atoms with E-state index in [1.165, 1.54) is 24.8 Å². The maximum Gasteiger partial charge on any atom is 0.0431 e. The third-order valence-electron chi connectivity index (χ3n) is 2.86. The fraction of sp³-hybridized carbons (Fsp3) is 0.800. The molecule has 1 nitrogen and oxygen atoms in total. The van der Waals surface area contributed by atoms with E-state index in [9.17, 15) is 0 Å². The van der Waals surface area contributed by atoms with Gasteiger partial charge in [0.15, 0.2) is 0 Å². The number of nitrogens with one attached hydrogen (secondary N) is 1. The van der Waals surface area contributed by atoms with Crippen LogP contribution in [0.2, 0.25) is 0 Å². The van der Waals surface area contributed by atoms with Gasteiger partial charge in [0.1, 0.15) is 0 Å². The highest BCUT2D eigenvalue weighted by molar-refractivity contribution is 6.36. The molecule has 1 rings (SSSR count). The van der Waals surface area contributed by atoms with Crippen molar-refractivity contribution in [3.05, 3.63) is 10.6 Å². The van der Waals surface area contributed by atoms with Crippen LogP contribution in [0.5, 0.6) is 0 Å². The summed E-state index contributed by atoms with van der Waals surface area (Å²) >= 11 is 11.2. The van der Waals surface area contributed by atoms with Crippen molar-refractivity contribution < 1.29 is 0 Å². The molecule has 1 N–H and O–H groups in total. The zero-order valence-electron chi connectivity index (χ0n) is 8.02. The summed E-state index contributed by atoms with van der Waals surface area (Å²) in [7, 11) is 0. The number of rotatable bonds is 4. The van der Waals surface area contributed by atoms with Gasteiger partial charge in [-0.15, -0.1) is 0 Å². The maximum atomic E-state index is 5.75. The molecule has 1 aliphatic rings. The van der Waals surface area contributed by atoms with Gasteiger partial charge >= 0.3 is 0 Å². The molecule has 0 heterocycles. The molecule has 13 heavy (non-hydrogen) atoms. The molecule has 0 radical (unpaired) electrons. The van der Waals surface area contributed by atoms with Crippen molar-refractivity contribution in [2.75, 3.05) is 13.1 Å². The van der Waals surface area contributed by atoms with Crippen molar-refractivity contribution in [1.29, 1.82) is 0 Å². The molecular formula is C10H17Cl2N. The topological polar surface area (TPSA) is 12.0 Å². The molecule has 3 heteroatoms. The van der Waals surface area contributed by atoms with Crippen LogP contribution >= 0.6 is 23.2 Å². The summed E-state index contributed by atoms with van der Waals surface area (Å²) in [6.07, 6.45) is 4.12. The van der Waals surface area contributed by atoms with Gasteiger partial charge in [0, 0.05) is 17.1 Å². The minimum Gasteiger partial charge on any atom is -0.311 e. The quantitative estimate of drug-likeness (QED) is 0.769. The number of hydrogen-bond acceptors (Lipinski definition) is 1. The first-order valence-corrected chi connectivity index (χ1v) is 5.71. The van der Waals surface area contributed by atoms with E-state index >= 15 is 0 Å². The second-order valence-electron chi connectivity index (χ2n) is 3.86. The van der Waals surface area contributed by atoms with Gasteiger partial charge in [-0.2, -0.15) is 0 Å². The average molecular weight is 222 g/mol. The Morgan fingerprint density at radius 1 is 1.54 bits per heavy atom. The van der Waals surface area contributed by atoms with Crippen molar-refractivity contribution in [2.45, 2.75) is 26.2 Å². The van der Waals surface area contributed by atoms with Crippen LogP contribution in [0.3, 0.4) is 0 Å². The summed E-state index contributed by atoms with van der Waals surface area (Å²) in [4.78, 5) is 0. The fourth-order valence-corrected chi connectivity index (χ4v) is 2.11. The predicted octanol–water partition coefficient (Wildman–Crippen LogP) is 3.33. The summed E-state index contributed by atoms with van der Waals surface area (Å²) in [5.74, 6) is 1.70. The van der Waals surface area contributed by atoms with Gasteiger partial charge in [0.2, 0.25) is 0 Å². The van der Waals surface area contributed by atoms with Crippen molar-refractivity contribution in [2.24, 2.45) is 11.8 Å². The lowest BCUT2D eigenvalue weighted by atomic mass is 9.98. The highest BCUT2D eigenvalue weighted by atomic mass is 35.5. The first kappa shape index (κ1) is 11.4. The molecule has 0 aromatic rings. The Hall–Kier alpha value is 0.280. The zero-order valence-corrected chi connectivity index (χ0v) is 9.54. The van der Waals surface area contributed by atoms with Crippen LogP contribution in [0.25, 0.3) is 0 Å². The first-order chi connectivity index (χ1) is 6.24. The van der Waals surface area contributed by atoms with Crippen LogP contribution in [-0.4, -0.2) is 13.1 Å². The van der Waals surface area contributed by atoms with E-state index in [0.29, 0.717) is 11.6 Å². The van der Waals surface area contributed by atoms with Gasteiger partial charge in [0.05, 0.1) is 0 Å². The smallest absolute Gasteiger partial charge is 0.0431 e. The molecule has 0 spiro atoms. The average Bonchev–Trinajstić information content (AvgIpc) is 2.52. The van der Waals surface area contributed by atoms with Crippen LogP contribution in [-0.2, 0) is 0 Å². The van der Waals surface area contributed by atoms with Gasteiger partial charge in [-0.05, 0) is 24.8 Å². The molecule has 1 saturated carbocycles. The zero-order chi connectivity index (χ0) is 9.68. The molecule has 0 amide bonds. The molecule has 1 fully saturated rings. The second kappa shape index (κ2) is 5.90. The van der Waals surface area contributed by atoms with E-state index in [0.717, 1.165) is 18.4 Å². The van der Waals surface area contributed by atoms with Crippen LogP contribution in [0.4, 0.5) is 0 Å². The lowest BCUT2D eigenvalue weighted by Crippen LogP contribution is -2.25. The monoisotopic (exact) mass is 221 g/mol. The second-order valence-corrected chi connectivity index (χ2v) is 4.56. The van der Waals surface area contributed by atoms with Gasteiger partial charge in [-0.25, -0.2) is 0 Å². The van der Waals surface area contributed by atoms with E-state index < -0.39 is 0 Å². The molecule has 0 aromatic carbocycles. The maximum absolute atomic E-state index is 5.75. The Morgan fingerprint density at radius 3 is 2.85 bits per heavy atom. The summed E-state index contributed by atoms with van der Waals surface area (Å²) < 4.78 is 0. The van der Waals surface area contributed by atoms with E-state index in [2.05, 4.69) is 12.2 Å². The largest absolute Gasteiger partial charge is 0.311 e. The van der Waals surface area contributed by atoms with Gasteiger partial charge in [0.25, 0.3) is 0 Å². The summed E-state index contributed by atoms with van der Waals surface area (Å²) in [6.45, 7) is 4.11. The molecule has 0 bridgehead atoms. The number of hydrogen-bond donors (Lipinski definition) is 1. The van der Waals surface area contributed by atoms with Crippen LogP contribution in [0, 0.1) is 11.8 Å². The highest BCUT2D eigenvalue weighted by Gasteiger charge is 2.22. The van der Waals surface area contributed by atoms with Crippen LogP contribution in [0.15, 0.2) is 10.6 Å². The Kier molecular flexibility index (Phi) is 5.15. The third kappa shape index (κ3) is 3.88. The van der Waals surface area contributed by atoms with E-state index in [1.807, 2.05) is 0 Å². The molecule has 76 valence electrons. The predicted molar refractivity (Wildman–Crippen MR) is 59.2 cm³/mol. The Labute approximate surface area is 90.5 Å². The molecule has 0 saturated heterocycles. The molecule has 0 aromatic heterocycles. The van der Waals surface area contributed by atoms with E-state index in [4.69, 9.17) is 23.2 Å². The van der Waals surface area contributed by atoms with Gasteiger partial charge < -0.3 is 5.32 Å². The molecule has 2 unspecified atom stereocenters. The fourth-order valence-electron chi connectivity index (χ4n) is 1.94. The Bertz CT molecular complexity index is 180. The van der Waals surface area contributed by atoms with Crippen molar-refractivity contribution >= 4 is 23.2 Å². The first-order valence-electron chi connectivity index (χ1n) is 4.89.